The number of hydrogen-bond donors (Lipinski definition) is 3. The molecule has 2 atom stereocenters. The predicted molar refractivity (Wildman–Crippen MR) is 118 cm³/mol. The molecule has 0 bridgehead atoms. The van der Waals surface area contributed by atoms with Gasteiger partial charge in [0.15, 0.2) is 0 Å². The van der Waals surface area contributed by atoms with Crippen LogP contribution in [0.1, 0.15) is 44.1 Å². The number of benzene rings is 1. The predicted octanol–water partition coefficient (Wildman–Crippen LogP) is 2.94. The molecule has 1 fully saturated rings. The summed E-state index contributed by atoms with van der Waals surface area (Å²) in [5, 5.41) is 7.92. The minimum Gasteiger partial charge on any atom is -0.447 e. The Bertz CT molecular complexity index is 785. The van der Waals surface area contributed by atoms with Crippen molar-refractivity contribution in [2.45, 2.75) is 57.2 Å². The van der Waals surface area contributed by atoms with E-state index in [1.54, 1.807) is 24.3 Å². The van der Waals surface area contributed by atoms with Crippen LogP contribution in [-0.4, -0.2) is 50.1 Å². The lowest BCUT2D eigenvalue weighted by Gasteiger charge is -2.27. The first-order valence-corrected chi connectivity index (χ1v) is 11.1. The monoisotopic (exact) mass is 467 g/mol. The maximum Gasteiger partial charge on any atom is 0.408 e. The number of amides is 3. The molecule has 1 aromatic carbocycles. The molecular weight excluding hydrogens is 438 g/mol. The van der Waals surface area contributed by atoms with Gasteiger partial charge in [-0.2, -0.15) is 0 Å². The van der Waals surface area contributed by atoms with Crippen molar-refractivity contribution in [2.75, 3.05) is 13.7 Å². The lowest BCUT2D eigenvalue weighted by atomic mass is 9.84. The zero-order chi connectivity index (χ0) is 23.3. The van der Waals surface area contributed by atoms with Gasteiger partial charge < -0.3 is 30.2 Å². The molecular formula is C22H30ClN3O6. The van der Waals surface area contributed by atoms with Gasteiger partial charge in [0.2, 0.25) is 5.91 Å². The molecule has 0 radical (unpaired) electrons. The number of nitrogens with one attached hydrogen (secondary N) is 3. The molecule has 1 aliphatic rings. The molecule has 0 saturated heterocycles. The highest BCUT2D eigenvalue weighted by atomic mass is 35.5. The van der Waals surface area contributed by atoms with Gasteiger partial charge >= 0.3 is 12.2 Å². The number of aldehydes is 1. The normalized spacial score (nSPS) is 15.7. The Balaban J connectivity index is 1.96. The number of carbonyl (C=O) groups excluding carboxylic acids is 4. The summed E-state index contributed by atoms with van der Waals surface area (Å²) in [7, 11) is 1.38. The summed E-state index contributed by atoms with van der Waals surface area (Å²) in [4.78, 5) is 47.8. The van der Waals surface area contributed by atoms with Crippen LogP contribution in [0.4, 0.5) is 9.59 Å². The minimum atomic E-state index is -1.03. The zero-order valence-electron chi connectivity index (χ0n) is 18.1. The summed E-state index contributed by atoms with van der Waals surface area (Å²) in [6.45, 7) is -0.314. The molecule has 0 aliphatic heterocycles. The van der Waals surface area contributed by atoms with E-state index in [1.807, 2.05) is 0 Å². The first-order valence-electron chi connectivity index (χ1n) is 10.7. The van der Waals surface area contributed by atoms with Crippen molar-refractivity contribution in [2.24, 2.45) is 5.92 Å². The van der Waals surface area contributed by atoms with Gasteiger partial charge in [-0.1, -0.05) is 55.8 Å². The Hall–Kier alpha value is -2.81. The maximum atomic E-state index is 12.8. The van der Waals surface area contributed by atoms with Gasteiger partial charge in [-0.25, -0.2) is 9.59 Å². The van der Waals surface area contributed by atoms with Crippen molar-refractivity contribution >= 4 is 36.0 Å². The van der Waals surface area contributed by atoms with Crippen LogP contribution >= 0.6 is 11.6 Å². The Labute approximate surface area is 192 Å². The molecule has 176 valence electrons. The standard InChI is InChI=1S/C22H30ClN3O6/c1-24-21(29)32-14-18(12-27)25-20(28)19(11-15-6-3-2-4-7-15)26-22(30)31-13-16-8-5-9-17(23)10-16/h5,8-10,12,15,18-19H,2-4,6-7,11,13-14H2,1H3,(H,24,29)(H,25,28)(H,26,30)/t18?,19-/m0/s1. The topological polar surface area (TPSA) is 123 Å². The molecule has 1 aromatic rings. The molecule has 0 aromatic heterocycles. The smallest absolute Gasteiger partial charge is 0.408 e. The molecule has 2 rings (SSSR count). The summed E-state index contributed by atoms with van der Waals surface area (Å²) >= 11 is 5.94. The van der Waals surface area contributed by atoms with Crippen LogP contribution in [0.3, 0.4) is 0 Å². The highest BCUT2D eigenvalue weighted by molar-refractivity contribution is 6.30. The molecule has 32 heavy (non-hydrogen) atoms. The molecule has 3 N–H and O–H groups in total. The van der Waals surface area contributed by atoms with E-state index in [2.05, 4.69) is 16.0 Å². The summed E-state index contributed by atoms with van der Waals surface area (Å²) in [6.07, 6.45) is 4.71. The van der Waals surface area contributed by atoms with Crippen LogP contribution in [0, 0.1) is 5.92 Å². The van der Waals surface area contributed by atoms with Crippen molar-refractivity contribution in [3.63, 3.8) is 0 Å². The molecule has 1 saturated carbocycles. The lowest BCUT2D eigenvalue weighted by molar-refractivity contribution is -0.126. The highest BCUT2D eigenvalue weighted by Gasteiger charge is 2.28. The third kappa shape index (κ3) is 9.13. The van der Waals surface area contributed by atoms with Gasteiger partial charge in [0.1, 0.15) is 31.6 Å². The minimum absolute atomic E-state index is 0.00108. The molecule has 0 spiro atoms. The van der Waals surface area contributed by atoms with Gasteiger partial charge in [-0.3, -0.25) is 4.79 Å². The number of alkyl carbamates (subject to hydrolysis) is 2. The van der Waals surface area contributed by atoms with Crippen LogP contribution in [0.2, 0.25) is 5.02 Å². The second-order valence-electron chi connectivity index (χ2n) is 7.74. The molecule has 0 heterocycles. The van der Waals surface area contributed by atoms with Crippen molar-refractivity contribution in [1.29, 1.82) is 0 Å². The van der Waals surface area contributed by atoms with Crippen LogP contribution in [0.15, 0.2) is 24.3 Å². The molecule has 1 aliphatic carbocycles. The Morgan fingerprint density at radius 1 is 1.12 bits per heavy atom. The number of halogens is 1. The van der Waals surface area contributed by atoms with Crippen molar-refractivity contribution < 1.29 is 28.7 Å². The van der Waals surface area contributed by atoms with Gasteiger partial charge in [0.05, 0.1) is 0 Å². The Morgan fingerprint density at radius 3 is 2.53 bits per heavy atom. The van der Waals surface area contributed by atoms with Crippen LogP contribution < -0.4 is 16.0 Å². The summed E-state index contributed by atoms with van der Waals surface area (Å²) in [6, 6.07) is 5.01. The average molecular weight is 468 g/mol. The van der Waals surface area contributed by atoms with Crippen LogP contribution in [0.5, 0.6) is 0 Å². The van der Waals surface area contributed by atoms with E-state index in [1.165, 1.54) is 7.05 Å². The maximum absolute atomic E-state index is 12.8. The van der Waals surface area contributed by atoms with E-state index in [0.29, 0.717) is 23.3 Å². The molecule has 3 amide bonds. The lowest BCUT2D eigenvalue weighted by Crippen LogP contribution is -2.52. The average Bonchev–Trinajstić information content (AvgIpc) is 2.80. The van der Waals surface area contributed by atoms with Crippen LogP contribution in [0.25, 0.3) is 0 Å². The number of rotatable bonds is 10. The third-order valence-corrected chi connectivity index (χ3v) is 5.49. The van der Waals surface area contributed by atoms with Gasteiger partial charge in [0, 0.05) is 12.1 Å². The molecule has 10 heteroatoms. The second-order valence-corrected chi connectivity index (χ2v) is 8.18. The SMILES string of the molecule is CNC(=O)OCC(C=O)NC(=O)[C@H](CC1CCCCC1)NC(=O)OCc1cccc(Cl)c1. The number of ether oxygens (including phenoxy) is 2. The highest BCUT2D eigenvalue weighted by Crippen LogP contribution is 2.27. The van der Waals surface area contributed by atoms with E-state index in [0.717, 1.165) is 32.1 Å². The van der Waals surface area contributed by atoms with Gasteiger partial charge in [-0.05, 0) is 30.0 Å². The van der Waals surface area contributed by atoms with E-state index >= 15 is 0 Å². The first kappa shape index (κ1) is 25.5. The van der Waals surface area contributed by atoms with E-state index in [9.17, 15) is 19.2 Å². The third-order valence-electron chi connectivity index (χ3n) is 5.25. The molecule has 9 nitrogen and oxygen atoms in total. The second kappa shape index (κ2) is 13.6. The first-order chi connectivity index (χ1) is 15.4. The number of carbonyl (C=O) groups is 4. The summed E-state index contributed by atoms with van der Waals surface area (Å²) in [5.41, 5.74) is 0.716. The summed E-state index contributed by atoms with van der Waals surface area (Å²) < 4.78 is 10.1. The zero-order valence-corrected chi connectivity index (χ0v) is 18.9. The Morgan fingerprint density at radius 2 is 1.88 bits per heavy atom. The fraction of sp³-hybridized carbons (Fsp3) is 0.545. The van der Waals surface area contributed by atoms with Gasteiger partial charge in [0.25, 0.3) is 0 Å². The fourth-order valence-electron chi connectivity index (χ4n) is 3.58. The van der Waals surface area contributed by atoms with Crippen molar-refractivity contribution in [3.05, 3.63) is 34.9 Å². The van der Waals surface area contributed by atoms with E-state index < -0.39 is 30.2 Å². The quantitative estimate of drug-likeness (QED) is 0.454. The molecule has 1 unspecified atom stereocenters. The fourth-order valence-corrected chi connectivity index (χ4v) is 3.80. The largest absolute Gasteiger partial charge is 0.447 e. The Kier molecular flexibility index (Phi) is 10.8. The van der Waals surface area contributed by atoms with E-state index in [-0.39, 0.29) is 19.1 Å². The summed E-state index contributed by atoms with van der Waals surface area (Å²) in [5.74, 6) is -0.252. The number of hydrogen-bond acceptors (Lipinski definition) is 6. The van der Waals surface area contributed by atoms with Gasteiger partial charge in [-0.15, -0.1) is 0 Å². The van der Waals surface area contributed by atoms with Crippen molar-refractivity contribution in [3.8, 4) is 0 Å². The van der Waals surface area contributed by atoms with Crippen LogP contribution in [-0.2, 0) is 25.7 Å². The van der Waals surface area contributed by atoms with E-state index in [4.69, 9.17) is 21.1 Å². The van der Waals surface area contributed by atoms with Crippen molar-refractivity contribution in [1.82, 2.24) is 16.0 Å².